The highest BCUT2D eigenvalue weighted by Gasteiger charge is 2.18. The molecular weight excluding hydrogens is 176 g/mol. The zero-order valence-corrected chi connectivity index (χ0v) is 9.21. The fourth-order valence-electron chi connectivity index (χ4n) is 1.59. The van der Waals surface area contributed by atoms with E-state index in [-0.39, 0.29) is 5.91 Å². The van der Waals surface area contributed by atoms with Gasteiger partial charge in [-0.15, -0.1) is 0 Å². The third-order valence-corrected chi connectivity index (χ3v) is 2.53. The first-order valence-electron chi connectivity index (χ1n) is 5.14. The predicted molar refractivity (Wildman–Crippen MR) is 58.4 cm³/mol. The lowest BCUT2D eigenvalue weighted by Gasteiger charge is -2.27. The van der Waals surface area contributed by atoms with Gasteiger partial charge in [0.15, 0.2) is 0 Å². The highest BCUT2D eigenvalue weighted by atomic mass is 16.2. The molecule has 0 fully saturated rings. The van der Waals surface area contributed by atoms with Crippen molar-refractivity contribution < 1.29 is 4.79 Å². The van der Waals surface area contributed by atoms with Crippen molar-refractivity contribution in [3.8, 4) is 0 Å². The maximum Gasteiger partial charge on any atom is 0.222 e. The van der Waals surface area contributed by atoms with Crippen LogP contribution in [0.4, 0.5) is 0 Å². The molecule has 0 aromatic carbocycles. The Balaban J connectivity index is 2.72. The average Bonchev–Trinajstić information content (AvgIpc) is 2.20. The highest BCUT2D eigenvalue weighted by molar-refractivity contribution is 5.76. The van der Waals surface area contributed by atoms with Gasteiger partial charge >= 0.3 is 0 Å². The van der Waals surface area contributed by atoms with Crippen molar-refractivity contribution >= 4 is 12.1 Å². The Morgan fingerprint density at radius 1 is 1.64 bits per heavy atom. The van der Waals surface area contributed by atoms with Crippen molar-refractivity contribution in [2.75, 3.05) is 13.1 Å². The van der Waals surface area contributed by atoms with E-state index in [1.165, 1.54) is 5.57 Å². The van der Waals surface area contributed by atoms with Crippen molar-refractivity contribution in [1.29, 1.82) is 0 Å². The average molecular weight is 194 g/mol. The summed E-state index contributed by atoms with van der Waals surface area (Å²) in [5, 5.41) is 0. The maximum atomic E-state index is 11.5. The second kappa shape index (κ2) is 4.94. The fourth-order valence-corrected chi connectivity index (χ4v) is 1.59. The van der Waals surface area contributed by atoms with E-state index >= 15 is 0 Å². The lowest BCUT2D eigenvalue weighted by Crippen LogP contribution is -2.36. The van der Waals surface area contributed by atoms with Crippen LogP contribution in [-0.4, -0.2) is 30.1 Å². The molecule has 0 bridgehead atoms. The number of carbonyl (C=O) groups excluding carboxylic acids is 1. The van der Waals surface area contributed by atoms with Crippen LogP contribution >= 0.6 is 0 Å². The Bertz CT molecular complexity index is 279. The summed E-state index contributed by atoms with van der Waals surface area (Å²) < 4.78 is 0. The molecule has 78 valence electrons. The summed E-state index contributed by atoms with van der Waals surface area (Å²) in [4.78, 5) is 17.7. The first-order chi connectivity index (χ1) is 6.69. The maximum absolute atomic E-state index is 11.5. The summed E-state index contributed by atoms with van der Waals surface area (Å²) in [5.41, 5.74) is 2.36. The van der Waals surface area contributed by atoms with Gasteiger partial charge in [0.25, 0.3) is 0 Å². The minimum absolute atomic E-state index is 0.223. The summed E-state index contributed by atoms with van der Waals surface area (Å²) in [5.74, 6) is 0.223. The number of rotatable bonds is 2. The lowest BCUT2D eigenvalue weighted by molar-refractivity contribution is -0.130. The van der Waals surface area contributed by atoms with Gasteiger partial charge in [-0.2, -0.15) is 0 Å². The van der Waals surface area contributed by atoms with Crippen molar-refractivity contribution in [2.45, 2.75) is 33.6 Å². The van der Waals surface area contributed by atoms with Crippen molar-refractivity contribution in [2.24, 2.45) is 4.99 Å². The van der Waals surface area contributed by atoms with Crippen LogP contribution in [0.25, 0.3) is 0 Å². The van der Waals surface area contributed by atoms with E-state index in [4.69, 9.17) is 0 Å². The molecule has 0 saturated heterocycles. The van der Waals surface area contributed by atoms with Crippen LogP contribution in [0.15, 0.2) is 16.3 Å². The Morgan fingerprint density at radius 3 is 2.93 bits per heavy atom. The van der Waals surface area contributed by atoms with Gasteiger partial charge < -0.3 is 4.90 Å². The molecule has 0 saturated carbocycles. The Hall–Kier alpha value is -1.12. The van der Waals surface area contributed by atoms with Crippen LogP contribution in [0.3, 0.4) is 0 Å². The quantitative estimate of drug-likeness (QED) is 0.619. The largest absolute Gasteiger partial charge is 0.336 e. The van der Waals surface area contributed by atoms with Gasteiger partial charge in [-0.25, -0.2) is 0 Å². The molecule has 0 aromatic rings. The van der Waals surface area contributed by atoms with E-state index in [1.807, 2.05) is 18.7 Å². The molecule has 1 aliphatic rings. The second-order valence-electron chi connectivity index (χ2n) is 3.53. The number of amides is 1. The summed E-state index contributed by atoms with van der Waals surface area (Å²) in [7, 11) is 0. The third kappa shape index (κ3) is 2.44. The van der Waals surface area contributed by atoms with Crippen LogP contribution in [0.2, 0.25) is 0 Å². The van der Waals surface area contributed by atoms with Crippen molar-refractivity contribution in [3.05, 3.63) is 11.3 Å². The molecule has 0 spiro atoms. The molecule has 1 aliphatic heterocycles. The second-order valence-corrected chi connectivity index (χ2v) is 3.53. The molecule has 1 rings (SSSR count). The number of carbonyl (C=O) groups is 1. The fraction of sp³-hybridized carbons (Fsp3) is 0.636. The van der Waals surface area contributed by atoms with Crippen LogP contribution in [0, 0.1) is 0 Å². The zero-order valence-electron chi connectivity index (χ0n) is 9.21. The number of aliphatic imine (C=N–C) groups is 1. The van der Waals surface area contributed by atoms with Gasteiger partial charge in [0.05, 0.1) is 12.2 Å². The number of nitrogens with zero attached hydrogens (tertiary/aromatic N) is 2. The van der Waals surface area contributed by atoms with Crippen LogP contribution in [0.1, 0.15) is 33.6 Å². The van der Waals surface area contributed by atoms with Gasteiger partial charge in [0, 0.05) is 19.2 Å². The Morgan fingerprint density at radius 2 is 2.36 bits per heavy atom. The van der Waals surface area contributed by atoms with Gasteiger partial charge in [0.2, 0.25) is 5.91 Å². The minimum Gasteiger partial charge on any atom is -0.336 e. The first-order valence-corrected chi connectivity index (χ1v) is 5.14. The van der Waals surface area contributed by atoms with E-state index < -0.39 is 0 Å². The first kappa shape index (κ1) is 11.0. The van der Waals surface area contributed by atoms with E-state index in [1.54, 1.807) is 6.21 Å². The smallest absolute Gasteiger partial charge is 0.222 e. The van der Waals surface area contributed by atoms with Gasteiger partial charge in [0.1, 0.15) is 0 Å². The molecule has 1 amide bonds. The van der Waals surface area contributed by atoms with Crippen LogP contribution in [0.5, 0.6) is 0 Å². The highest BCUT2D eigenvalue weighted by Crippen LogP contribution is 2.18. The molecule has 0 N–H and O–H groups in total. The topological polar surface area (TPSA) is 32.7 Å². The van der Waals surface area contributed by atoms with E-state index in [0.717, 1.165) is 18.7 Å². The number of hydrogen-bond donors (Lipinski definition) is 0. The van der Waals surface area contributed by atoms with E-state index in [9.17, 15) is 4.79 Å². The summed E-state index contributed by atoms with van der Waals surface area (Å²) in [6.07, 6.45) is 3.33. The molecule has 0 radical (unpaired) electrons. The van der Waals surface area contributed by atoms with Crippen molar-refractivity contribution in [3.63, 3.8) is 0 Å². The molecular formula is C11H18N2O. The minimum atomic E-state index is 0.223. The molecule has 0 aromatic heterocycles. The third-order valence-electron chi connectivity index (χ3n) is 2.53. The predicted octanol–water partition coefficient (Wildman–Crippen LogP) is 1.99. The molecule has 1 heterocycles. The molecule has 0 unspecified atom stereocenters. The lowest BCUT2D eigenvalue weighted by atomic mass is 10.1. The SMILES string of the molecule is C/C=N\C1=C(C)CCN(C(=O)CC)C1. The normalized spacial score (nSPS) is 18.1. The van der Waals surface area contributed by atoms with Gasteiger partial charge in [-0.05, 0) is 25.8 Å². The van der Waals surface area contributed by atoms with Crippen molar-refractivity contribution in [1.82, 2.24) is 4.90 Å². The van der Waals surface area contributed by atoms with Gasteiger partial charge in [-0.1, -0.05) is 6.92 Å². The monoisotopic (exact) mass is 194 g/mol. The van der Waals surface area contributed by atoms with E-state index in [2.05, 4.69) is 11.9 Å². The van der Waals surface area contributed by atoms with Crippen LogP contribution < -0.4 is 0 Å². The van der Waals surface area contributed by atoms with Crippen LogP contribution in [-0.2, 0) is 4.79 Å². The summed E-state index contributed by atoms with van der Waals surface area (Å²) >= 11 is 0. The molecule has 3 heteroatoms. The van der Waals surface area contributed by atoms with E-state index in [0.29, 0.717) is 13.0 Å². The summed E-state index contributed by atoms with van der Waals surface area (Å²) in [6, 6.07) is 0. The molecule has 0 aliphatic carbocycles. The molecule has 14 heavy (non-hydrogen) atoms. The standard InChI is InChI=1S/C11H18N2O/c1-4-11(14)13-7-6-9(3)10(8-13)12-5-2/h5H,4,6-8H2,1-3H3/b12-5-. The molecule has 3 nitrogen and oxygen atoms in total. The van der Waals surface area contributed by atoms with Gasteiger partial charge in [-0.3, -0.25) is 9.79 Å². The summed E-state index contributed by atoms with van der Waals surface area (Å²) in [6.45, 7) is 7.43. The number of hydrogen-bond acceptors (Lipinski definition) is 2. The Kier molecular flexibility index (Phi) is 3.86. The molecule has 0 atom stereocenters. The Labute approximate surface area is 85.5 Å². The zero-order chi connectivity index (χ0) is 10.6.